The molecule has 0 aromatic carbocycles. The smallest absolute Gasteiger partial charge is 0.253 e. The molecule has 2 aliphatic rings. The van der Waals surface area contributed by atoms with Gasteiger partial charge in [-0.25, -0.2) is 4.98 Å². The summed E-state index contributed by atoms with van der Waals surface area (Å²) >= 11 is 0. The Bertz CT molecular complexity index is 714. The van der Waals surface area contributed by atoms with Crippen LogP contribution in [0.15, 0.2) is 24.4 Å². The number of hydrogen-bond acceptors (Lipinski definition) is 3. The first-order valence-electron chi connectivity index (χ1n) is 7.35. The van der Waals surface area contributed by atoms with Gasteiger partial charge < -0.3 is 15.4 Å². The van der Waals surface area contributed by atoms with Crippen molar-refractivity contribution >= 4 is 5.91 Å². The van der Waals surface area contributed by atoms with Crippen molar-refractivity contribution in [1.82, 2.24) is 15.3 Å². The molecule has 0 bridgehead atoms. The lowest BCUT2D eigenvalue weighted by atomic mass is 9.78. The number of aromatic nitrogens is 2. The largest absolute Gasteiger partial charge is 0.493 e. The molecule has 1 fully saturated rings. The molecule has 5 nitrogen and oxygen atoms in total. The molecule has 1 spiro atoms. The fourth-order valence-corrected chi connectivity index (χ4v) is 3.71. The van der Waals surface area contributed by atoms with Crippen molar-refractivity contribution in [2.45, 2.75) is 31.1 Å². The summed E-state index contributed by atoms with van der Waals surface area (Å²) < 4.78 is 0. The van der Waals surface area contributed by atoms with Gasteiger partial charge in [-0.3, -0.25) is 4.79 Å². The molecule has 2 aromatic rings. The molecule has 0 atom stereocenters. The highest BCUT2D eigenvalue weighted by molar-refractivity contribution is 5.98. The van der Waals surface area contributed by atoms with E-state index in [9.17, 15) is 9.90 Å². The zero-order valence-electron chi connectivity index (χ0n) is 11.6. The van der Waals surface area contributed by atoms with E-state index in [1.807, 2.05) is 12.1 Å². The van der Waals surface area contributed by atoms with Gasteiger partial charge in [0.1, 0.15) is 0 Å². The molecule has 1 aliphatic heterocycles. The molecule has 0 saturated heterocycles. The Morgan fingerprint density at radius 1 is 1.24 bits per heavy atom. The van der Waals surface area contributed by atoms with E-state index in [4.69, 9.17) is 0 Å². The SMILES string of the molecule is O=C1NCC2(CCCC2)c2[nH]c(-c3ccnc(O)c3)cc21. The highest BCUT2D eigenvalue weighted by atomic mass is 16.3. The summed E-state index contributed by atoms with van der Waals surface area (Å²) in [6.07, 6.45) is 6.21. The Labute approximate surface area is 122 Å². The predicted octanol–water partition coefficient (Wildman–Crippen LogP) is 2.34. The van der Waals surface area contributed by atoms with Gasteiger partial charge in [-0.1, -0.05) is 12.8 Å². The molecule has 3 N–H and O–H groups in total. The van der Waals surface area contributed by atoms with E-state index in [0.29, 0.717) is 0 Å². The number of nitrogens with one attached hydrogen (secondary N) is 2. The first kappa shape index (κ1) is 12.4. The number of fused-ring (bicyclic) bond motifs is 2. The molecule has 1 aliphatic carbocycles. The van der Waals surface area contributed by atoms with E-state index in [0.717, 1.165) is 41.9 Å². The van der Waals surface area contributed by atoms with Crippen LogP contribution < -0.4 is 5.32 Å². The number of H-pyrrole nitrogens is 1. The lowest BCUT2D eigenvalue weighted by molar-refractivity contribution is 0.0924. The maximum absolute atomic E-state index is 12.1. The van der Waals surface area contributed by atoms with Crippen LogP contribution in [0.3, 0.4) is 0 Å². The number of rotatable bonds is 1. The molecule has 4 rings (SSSR count). The quantitative estimate of drug-likeness (QED) is 0.751. The summed E-state index contributed by atoms with van der Waals surface area (Å²) in [6.45, 7) is 0.723. The molecule has 0 radical (unpaired) electrons. The van der Waals surface area contributed by atoms with Gasteiger partial charge >= 0.3 is 0 Å². The number of nitrogens with zero attached hydrogens (tertiary/aromatic N) is 1. The van der Waals surface area contributed by atoms with Gasteiger partial charge in [-0.15, -0.1) is 0 Å². The van der Waals surface area contributed by atoms with Gasteiger partial charge in [0.2, 0.25) is 5.88 Å². The second-order valence-corrected chi connectivity index (χ2v) is 6.04. The summed E-state index contributed by atoms with van der Waals surface area (Å²) in [5.41, 5.74) is 3.58. The van der Waals surface area contributed by atoms with Crippen molar-refractivity contribution < 1.29 is 9.90 Å². The average molecular weight is 283 g/mol. The van der Waals surface area contributed by atoms with E-state index < -0.39 is 0 Å². The van der Waals surface area contributed by atoms with Crippen LogP contribution >= 0.6 is 0 Å². The standard InChI is InChI=1S/C16H17N3O2/c20-13-7-10(3-6-17-13)12-8-11-14(19-12)16(4-1-2-5-16)9-18-15(11)21/h3,6-8,19H,1-2,4-5,9H2,(H,17,20)(H,18,21). The van der Waals surface area contributed by atoms with Crippen molar-refractivity contribution in [2.24, 2.45) is 0 Å². The van der Waals surface area contributed by atoms with E-state index in [1.54, 1.807) is 12.3 Å². The minimum atomic E-state index is -0.0138. The Hall–Kier alpha value is -2.30. The van der Waals surface area contributed by atoms with Crippen LogP contribution in [0.4, 0.5) is 0 Å². The van der Waals surface area contributed by atoms with E-state index in [2.05, 4.69) is 15.3 Å². The minimum absolute atomic E-state index is 0.0108. The summed E-state index contributed by atoms with van der Waals surface area (Å²) in [4.78, 5) is 19.4. The highest BCUT2D eigenvalue weighted by Crippen LogP contribution is 2.44. The third-order valence-electron chi connectivity index (χ3n) is 4.80. The Balaban J connectivity index is 1.85. The maximum atomic E-state index is 12.1. The highest BCUT2D eigenvalue weighted by Gasteiger charge is 2.43. The van der Waals surface area contributed by atoms with Crippen molar-refractivity contribution in [3.63, 3.8) is 0 Å². The normalized spacial score (nSPS) is 19.5. The zero-order valence-corrected chi connectivity index (χ0v) is 11.6. The van der Waals surface area contributed by atoms with Gasteiger partial charge in [-0.05, 0) is 25.0 Å². The van der Waals surface area contributed by atoms with Gasteiger partial charge in [0.05, 0.1) is 5.56 Å². The number of amides is 1. The topological polar surface area (TPSA) is 78.0 Å². The number of carbonyl (C=O) groups excluding carboxylic acids is 1. The van der Waals surface area contributed by atoms with Crippen LogP contribution in [0.25, 0.3) is 11.3 Å². The Morgan fingerprint density at radius 3 is 2.81 bits per heavy atom. The second-order valence-electron chi connectivity index (χ2n) is 6.04. The van der Waals surface area contributed by atoms with Gasteiger partial charge in [0.25, 0.3) is 5.91 Å². The lowest BCUT2D eigenvalue weighted by Crippen LogP contribution is -2.45. The fraction of sp³-hybridized carbons (Fsp3) is 0.375. The molecule has 3 heterocycles. The van der Waals surface area contributed by atoms with Crippen molar-refractivity contribution in [3.8, 4) is 17.1 Å². The first-order valence-corrected chi connectivity index (χ1v) is 7.35. The van der Waals surface area contributed by atoms with Crippen LogP contribution in [0.5, 0.6) is 5.88 Å². The van der Waals surface area contributed by atoms with Gasteiger partial charge in [0, 0.05) is 41.2 Å². The molecule has 21 heavy (non-hydrogen) atoms. The fourth-order valence-electron chi connectivity index (χ4n) is 3.71. The van der Waals surface area contributed by atoms with Gasteiger partial charge in [0.15, 0.2) is 0 Å². The van der Waals surface area contributed by atoms with Crippen LogP contribution in [0.2, 0.25) is 0 Å². The molecular formula is C16H17N3O2. The first-order chi connectivity index (χ1) is 10.2. The Kier molecular flexibility index (Phi) is 2.58. The molecule has 108 valence electrons. The third kappa shape index (κ3) is 1.84. The number of aromatic hydroxyl groups is 1. The predicted molar refractivity (Wildman–Crippen MR) is 78.2 cm³/mol. The summed E-state index contributed by atoms with van der Waals surface area (Å²) in [5.74, 6) is -0.0246. The Morgan fingerprint density at radius 2 is 2.05 bits per heavy atom. The molecular weight excluding hydrogens is 266 g/mol. The molecule has 2 aromatic heterocycles. The molecule has 1 amide bonds. The second kappa shape index (κ2) is 4.35. The summed E-state index contributed by atoms with van der Waals surface area (Å²) in [5, 5.41) is 12.6. The molecule has 5 heteroatoms. The molecule has 1 saturated carbocycles. The van der Waals surface area contributed by atoms with Crippen LogP contribution in [-0.2, 0) is 5.41 Å². The monoisotopic (exact) mass is 283 g/mol. The van der Waals surface area contributed by atoms with E-state index in [-0.39, 0.29) is 17.2 Å². The number of carbonyl (C=O) groups is 1. The lowest BCUT2D eigenvalue weighted by Gasteiger charge is -2.33. The van der Waals surface area contributed by atoms with Gasteiger partial charge in [-0.2, -0.15) is 0 Å². The number of hydrogen-bond donors (Lipinski definition) is 3. The number of pyridine rings is 1. The van der Waals surface area contributed by atoms with Crippen LogP contribution in [-0.4, -0.2) is 27.5 Å². The van der Waals surface area contributed by atoms with Crippen LogP contribution in [0.1, 0.15) is 41.7 Å². The maximum Gasteiger partial charge on any atom is 0.253 e. The average Bonchev–Trinajstić information content (AvgIpc) is 3.12. The third-order valence-corrected chi connectivity index (χ3v) is 4.80. The van der Waals surface area contributed by atoms with Crippen molar-refractivity contribution in [3.05, 3.63) is 35.7 Å². The number of aromatic amines is 1. The molecule has 0 unspecified atom stereocenters. The van der Waals surface area contributed by atoms with E-state index >= 15 is 0 Å². The zero-order chi connectivity index (χ0) is 14.4. The van der Waals surface area contributed by atoms with Crippen molar-refractivity contribution in [1.29, 1.82) is 0 Å². The minimum Gasteiger partial charge on any atom is -0.493 e. The van der Waals surface area contributed by atoms with Crippen LogP contribution in [0, 0.1) is 0 Å². The summed E-state index contributed by atoms with van der Waals surface area (Å²) in [7, 11) is 0. The van der Waals surface area contributed by atoms with E-state index in [1.165, 1.54) is 12.8 Å². The summed E-state index contributed by atoms with van der Waals surface area (Å²) in [6, 6.07) is 5.32. The van der Waals surface area contributed by atoms with Crippen molar-refractivity contribution in [2.75, 3.05) is 6.54 Å².